The predicted octanol–water partition coefficient (Wildman–Crippen LogP) is 2.38. The van der Waals surface area contributed by atoms with Gasteiger partial charge in [0.2, 0.25) is 16.9 Å². The van der Waals surface area contributed by atoms with Crippen LogP contribution in [0.5, 0.6) is 0 Å². The highest BCUT2D eigenvalue weighted by atomic mass is 32.2. The summed E-state index contributed by atoms with van der Waals surface area (Å²) in [4.78, 5) is 4.21. The Kier molecular flexibility index (Phi) is 3.78. The number of hydrogen-bond acceptors (Lipinski definition) is 6. The number of aryl methyl sites for hydroxylation is 1. The zero-order valence-electron chi connectivity index (χ0n) is 10.9. The molecular formula is C13H13N5OS. The average Bonchev–Trinajstić information content (AvgIpc) is 3.07. The minimum absolute atomic E-state index is 0.569. The molecule has 7 heteroatoms. The first-order valence-electron chi connectivity index (χ1n) is 6.16. The smallest absolute Gasteiger partial charge is 0.226 e. The van der Waals surface area contributed by atoms with E-state index in [-0.39, 0.29) is 0 Å². The normalized spacial score (nSPS) is 10.8. The molecule has 0 fully saturated rings. The van der Waals surface area contributed by atoms with E-state index in [4.69, 9.17) is 4.42 Å². The maximum Gasteiger partial charge on any atom is 0.226 e. The lowest BCUT2D eigenvalue weighted by Gasteiger charge is -1.95. The van der Waals surface area contributed by atoms with Gasteiger partial charge in [0.1, 0.15) is 5.82 Å². The van der Waals surface area contributed by atoms with Gasteiger partial charge in [-0.2, -0.15) is 0 Å². The fourth-order valence-electron chi connectivity index (χ4n) is 1.70. The number of hydrogen-bond donors (Lipinski definition) is 1. The summed E-state index contributed by atoms with van der Waals surface area (Å²) in [7, 11) is 0. The number of aromatic nitrogens is 5. The van der Waals surface area contributed by atoms with Gasteiger partial charge in [-0.15, -0.1) is 15.3 Å². The van der Waals surface area contributed by atoms with E-state index < -0.39 is 0 Å². The molecule has 1 N–H and O–H groups in total. The molecule has 0 atom stereocenters. The molecule has 0 unspecified atom stereocenters. The summed E-state index contributed by atoms with van der Waals surface area (Å²) in [6, 6.07) is 10.0. The van der Waals surface area contributed by atoms with Crippen LogP contribution in [0.15, 0.2) is 39.9 Å². The summed E-state index contributed by atoms with van der Waals surface area (Å²) in [5, 5.41) is 15.6. The Morgan fingerprint density at radius 3 is 2.70 bits per heavy atom. The Balaban J connectivity index is 1.59. The highest BCUT2D eigenvalue weighted by Gasteiger charge is 2.09. The number of rotatable bonds is 5. The van der Waals surface area contributed by atoms with Crippen molar-refractivity contribution >= 4 is 11.8 Å². The van der Waals surface area contributed by atoms with Crippen molar-refractivity contribution in [1.29, 1.82) is 0 Å². The fourth-order valence-corrected chi connectivity index (χ4v) is 2.38. The zero-order chi connectivity index (χ0) is 13.8. The van der Waals surface area contributed by atoms with Gasteiger partial charge in [0.15, 0.2) is 0 Å². The Bertz CT molecular complexity index is 679. The monoisotopic (exact) mass is 287 g/mol. The number of H-pyrrole nitrogens is 1. The maximum atomic E-state index is 5.61. The molecule has 1 aromatic carbocycles. The number of thioether (sulfide) groups is 1. The van der Waals surface area contributed by atoms with Crippen LogP contribution >= 0.6 is 11.8 Å². The van der Waals surface area contributed by atoms with Crippen molar-refractivity contribution in [1.82, 2.24) is 25.4 Å². The zero-order valence-corrected chi connectivity index (χ0v) is 11.7. The standard InChI is InChI=1S/C13H13N5OS/c1-9-14-13(18-15-9)20-8-12-17-16-11(19-12)7-10-5-3-2-4-6-10/h2-6H,7-8H2,1H3,(H,14,15,18). The van der Waals surface area contributed by atoms with Gasteiger partial charge in [0.25, 0.3) is 0 Å². The Morgan fingerprint density at radius 1 is 1.15 bits per heavy atom. The summed E-state index contributed by atoms with van der Waals surface area (Å²) in [5.41, 5.74) is 1.15. The lowest BCUT2D eigenvalue weighted by atomic mass is 10.2. The van der Waals surface area contributed by atoms with Crippen molar-refractivity contribution in [3.05, 3.63) is 53.5 Å². The van der Waals surface area contributed by atoms with E-state index in [0.717, 1.165) is 11.4 Å². The molecule has 0 amide bonds. The lowest BCUT2D eigenvalue weighted by Crippen LogP contribution is -1.87. The van der Waals surface area contributed by atoms with Crippen molar-refractivity contribution < 1.29 is 4.42 Å². The highest BCUT2D eigenvalue weighted by molar-refractivity contribution is 7.98. The third-order valence-corrected chi connectivity index (χ3v) is 3.44. The second-order valence-corrected chi connectivity index (χ2v) is 5.19. The first-order valence-corrected chi connectivity index (χ1v) is 7.15. The fraction of sp³-hybridized carbons (Fsp3) is 0.231. The Morgan fingerprint density at radius 2 is 1.95 bits per heavy atom. The van der Waals surface area contributed by atoms with Gasteiger partial charge in [0, 0.05) is 0 Å². The molecule has 0 aliphatic carbocycles. The topological polar surface area (TPSA) is 80.5 Å². The van der Waals surface area contributed by atoms with Gasteiger partial charge in [-0.1, -0.05) is 42.1 Å². The van der Waals surface area contributed by atoms with Gasteiger partial charge < -0.3 is 4.42 Å². The van der Waals surface area contributed by atoms with Gasteiger partial charge in [0.05, 0.1) is 12.2 Å². The summed E-state index contributed by atoms with van der Waals surface area (Å²) in [6.45, 7) is 1.86. The van der Waals surface area contributed by atoms with Crippen LogP contribution in [0.3, 0.4) is 0 Å². The molecule has 0 saturated heterocycles. The summed E-state index contributed by atoms with van der Waals surface area (Å²) < 4.78 is 5.61. The first kappa shape index (κ1) is 12.9. The second-order valence-electron chi connectivity index (χ2n) is 4.24. The van der Waals surface area contributed by atoms with Crippen molar-refractivity contribution in [3.8, 4) is 0 Å². The minimum atomic E-state index is 0.569. The summed E-state index contributed by atoms with van der Waals surface area (Å²) in [6.07, 6.45) is 0.651. The number of benzene rings is 1. The van der Waals surface area contributed by atoms with Crippen LogP contribution < -0.4 is 0 Å². The van der Waals surface area contributed by atoms with Crippen LogP contribution in [-0.4, -0.2) is 25.4 Å². The van der Waals surface area contributed by atoms with Gasteiger partial charge in [-0.25, -0.2) is 4.98 Å². The van der Waals surface area contributed by atoms with E-state index >= 15 is 0 Å². The van der Waals surface area contributed by atoms with Crippen LogP contribution in [-0.2, 0) is 12.2 Å². The molecule has 0 spiro atoms. The van der Waals surface area contributed by atoms with E-state index in [1.807, 2.05) is 37.3 Å². The van der Waals surface area contributed by atoms with Gasteiger partial charge >= 0.3 is 0 Å². The third-order valence-electron chi connectivity index (χ3n) is 2.61. The van der Waals surface area contributed by atoms with E-state index in [1.165, 1.54) is 11.8 Å². The van der Waals surface area contributed by atoms with Crippen LogP contribution in [0.2, 0.25) is 0 Å². The quantitative estimate of drug-likeness (QED) is 0.726. The largest absolute Gasteiger partial charge is 0.424 e. The van der Waals surface area contributed by atoms with Crippen LogP contribution in [0.1, 0.15) is 23.2 Å². The van der Waals surface area contributed by atoms with Crippen LogP contribution in [0.4, 0.5) is 0 Å². The number of aromatic amines is 1. The average molecular weight is 287 g/mol. The molecule has 3 rings (SSSR count). The molecule has 3 aromatic rings. The Labute approximate surface area is 120 Å². The van der Waals surface area contributed by atoms with Crippen LogP contribution in [0.25, 0.3) is 0 Å². The van der Waals surface area contributed by atoms with E-state index in [2.05, 4.69) is 25.4 Å². The van der Waals surface area contributed by atoms with Crippen molar-refractivity contribution in [2.24, 2.45) is 0 Å². The second kappa shape index (κ2) is 5.87. The highest BCUT2D eigenvalue weighted by Crippen LogP contribution is 2.18. The van der Waals surface area contributed by atoms with Gasteiger partial charge in [-0.3, -0.25) is 5.10 Å². The third kappa shape index (κ3) is 3.24. The molecule has 20 heavy (non-hydrogen) atoms. The number of nitrogens with zero attached hydrogens (tertiary/aromatic N) is 4. The van der Waals surface area contributed by atoms with Crippen LogP contribution in [0, 0.1) is 6.92 Å². The molecule has 6 nitrogen and oxygen atoms in total. The first-order chi connectivity index (χ1) is 9.79. The van der Waals surface area contributed by atoms with Gasteiger partial charge in [-0.05, 0) is 12.5 Å². The molecule has 102 valence electrons. The summed E-state index contributed by atoms with van der Waals surface area (Å²) in [5.74, 6) is 2.57. The molecule has 0 aliphatic heterocycles. The van der Waals surface area contributed by atoms with Crippen molar-refractivity contribution in [2.45, 2.75) is 24.3 Å². The minimum Gasteiger partial charge on any atom is -0.424 e. The maximum absolute atomic E-state index is 5.61. The molecular weight excluding hydrogens is 274 g/mol. The molecule has 2 heterocycles. The molecule has 0 radical (unpaired) electrons. The SMILES string of the molecule is Cc1nc(SCc2nnc(Cc3ccccc3)o2)n[nH]1. The van der Waals surface area contributed by atoms with E-state index in [1.54, 1.807) is 0 Å². The Hall–Kier alpha value is -2.15. The molecule has 0 bridgehead atoms. The van der Waals surface area contributed by atoms with Crippen molar-refractivity contribution in [3.63, 3.8) is 0 Å². The summed E-state index contributed by atoms with van der Waals surface area (Å²) >= 11 is 1.46. The van der Waals surface area contributed by atoms with E-state index in [0.29, 0.717) is 29.1 Å². The molecule has 0 saturated carbocycles. The molecule has 2 aromatic heterocycles. The van der Waals surface area contributed by atoms with E-state index in [9.17, 15) is 0 Å². The van der Waals surface area contributed by atoms with Crippen molar-refractivity contribution in [2.75, 3.05) is 0 Å². The predicted molar refractivity (Wildman–Crippen MR) is 74.2 cm³/mol. The number of nitrogens with one attached hydrogen (secondary N) is 1. The molecule has 0 aliphatic rings. The lowest BCUT2D eigenvalue weighted by molar-refractivity contribution is 0.474.